The molecule has 1 aliphatic heterocycles. The first-order valence-corrected chi connectivity index (χ1v) is 6.95. The summed E-state index contributed by atoms with van der Waals surface area (Å²) in [4.78, 5) is 14.6. The Balaban J connectivity index is 2.55. The molecule has 1 saturated heterocycles. The van der Waals surface area contributed by atoms with Crippen molar-refractivity contribution in [2.75, 3.05) is 26.8 Å². The van der Waals surface area contributed by atoms with E-state index in [1.165, 1.54) is 0 Å². The van der Waals surface area contributed by atoms with Crippen molar-refractivity contribution in [1.82, 2.24) is 4.90 Å². The highest BCUT2D eigenvalue weighted by Gasteiger charge is 2.31. The van der Waals surface area contributed by atoms with Gasteiger partial charge in [0.15, 0.2) is 0 Å². The number of rotatable bonds is 5. The third-order valence-electron chi connectivity index (χ3n) is 3.57. The normalized spacial score (nSPS) is 19.0. The zero-order valence-corrected chi connectivity index (χ0v) is 12.3. The number of carbonyl (C=O) groups excluding carboxylic acids is 1. The monoisotopic (exact) mass is 272 g/mol. The lowest BCUT2D eigenvalue weighted by atomic mass is 9.91. The predicted octanol–water partition coefficient (Wildman–Crippen LogP) is 1.43. The van der Waals surface area contributed by atoms with Gasteiger partial charge >= 0.3 is 0 Å². The first-order chi connectivity index (χ1) is 8.47. The van der Waals surface area contributed by atoms with Crippen molar-refractivity contribution in [1.29, 1.82) is 0 Å². The third kappa shape index (κ3) is 3.92. The molecule has 1 atom stereocenters. The summed E-state index contributed by atoms with van der Waals surface area (Å²) < 4.78 is 5.16. The summed E-state index contributed by atoms with van der Waals surface area (Å²) in [5.41, 5.74) is 5.68. The second-order valence-corrected chi connectivity index (χ2v) is 5.82. The van der Waals surface area contributed by atoms with Gasteiger partial charge in [-0.15, -0.1) is 0 Å². The first kappa shape index (κ1) is 15.4. The number of ether oxygens (including phenoxy) is 1. The van der Waals surface area contributed by atoms with E-state index >= 15 is 0 Å². The van der Waals surface area contributed by atoms with Crippen LogP contribution in [0.15, 0.2) is 0 Å². The second kappa shape index (κ2) is 7.04. The number of hydrogen-bond acceptors (Lipinski definition) is 3. The zero-order chi connectivity index (χ0) is 13.7. The maximum atomic E-state index is 12.4. The molecular weight excluding hydrogens is 248 g/mol. The quantitative estimate of drug-likeness (QED) is 0.769. The van der Waals surface area contributed by atoms with E-state index in [-0.39, 0.29) is 17.7 Å². The van der Waals surface area contributed by atoms with Gasteiger partial charge in [0.1, 0.15) is 0 Å². The molecule has 4 nitrogen and oxygen atoms in total. The van der Waals surface area contributed by atoms with E-state index in [9.17, 15) is 4.79 Å². The minimum atomic E-state index is -0.320. The van der Waals surface area contributed by atoms with Crippen LogP contribution in [0.25, 0.3) is 0 Å². The molecule has 1 fully saturated rings. The molecule has 1 amide bonds. The van der Waals surface area contributed by atoms with E-state index in [0.29, 0.717) is 10.9 Å². The maximum absolute atomic E-state index is 12.4. The average Bonchev–Trinajstić information content (AvgIpc) is 2.29. The van der Waals surface area contributed by atoms with Crippen molar-refractivity contribution in [2.45, 2.75) is 26.7 Å². The van der Waals surface area contributed by atoms with Gasteiger partial charge in [-0.2, -0.15) is 0 Å². The van der Waals surface area contributed by atoms with Crippen LogP contribution in [0.5, 0.6) is 0 Å². The number of methoxy groups -OCH3 is 1. The number of thiocarbonyl (C=S) groups is 1. The van der Waals surface area contributed by atoms with Crippen LogP contribution < -0.4 is 5.73 Å². The minimum absolute atomic E-state index is 0.0911. The van der Waals surface area contributed by atoms with E-state index in [2.05, 4.69) is 0 Å². The number of likely N-dealkylation sites (tertiary alicyclic amines) is 1. The number of piperidine rings is 1. The summed E-state index contributed by atoms with van der Waals surface area (Å²) in [5.74, 6) is 0.500. The molecule has 0 aromatic rings. The fraction of sp³-hybridized carbons (Fsp3) is 0.846. The summed E-state index contributed by atoms with van der Waals surface area (Å²) in [7, 11) is 1.72. The molecule has 0 aliphatic carbocycles. The van der Waals surface area contributed by atoms with Gasteiger partial charge in [0, 0.05) is 26.8 Å². The van der Waals surface area contributed by atoms with E-state index < -0.39 is 0 Å². The molecule has 2 N–H and O–H groups in total. The lowest BCUT2D eigenvalue weighted by Gasteiger charge is -2.34. The van der Waals surface area contributed by atoms with Crippen LogP contribution >= 0.6 is 12.2 Å². The minimum Gasteiger partial charge on any atom is -0.393 e. The smallest absolute Gasteiger partial charge is 0.232 e. The Bertz CT molecular complexity index is 299. The van der Waals surface area contributed by atoms with Crippen LogP contribution in [-0.2, 0) is 9.53 Å². The molecule has 18 heavy (non-hydrogen) atoms. The SMILES string of the molecule is COCC1CCN(C(=O)C(C(N)=S)C(C)C)CC1. The van der Waals surface area contributed by atoms with Gasteiger partial charge in [0.05, 0.1) is 10.9 Å². The van der Waals surface area contributed by atoms with E-state index in [4.69, 9.17) is 22.7 Å². The van der Waals surface area contributed by atoms with Crippen LogP contribution in [0, 0.1) is 17.8 Å². The highest BCUT2D eigenvalue weighted by atomic mass is 32.1. The number of hydrogen-bond donors (Lipinski definition) is 1. The van der Waals surface area contributed by atoms with Gasteiger partial charge in [0.25, 0.3) is 0 Å². The summed E-state index contributed by atoms with van der Waals surface area (Å²) >= 11 is 5.01. The first-order valence-electron chi connectivity index (χ1n) is 6.54. The third-order valence-corrected chi connectivity index (χ3v) is 3.82. The summed E-state index contributed by atoms with van der Waals surface area (Å²) in [5, 5.41) is 0. The van der Waals surface area contributed by atoms with Crippen LogP contribution in [0.2, 0.25) is 0 Å². The largest absolute Gasteiger partial charge is 0.393 e. The number of carbonyl (C=O) groups is 1. The van der Waals surface area contributed by atoms with Crippen molar-refractivity contribution in [3.8, 4) is 0 Å². The van der Waals surface area contributed by atoms with Gasteiger partial charge in [-0.05, 0) is 24.7 Å². The fourth-order valence-electron chi connectivity index (χ4n) is 2.49. The molecule has 1 rings (SSSR count). The molecule has 0 aromatic carbocycles. The predicted molar refractivity (Wildman–Crippen MR) is 76.3 cm³/mol. The van der Waals surface area contributed by atoms with Gasteiger partial charge in [-0.3, -0.25) is 4.79 Å². The lowest BCUT2D eigenvalue weighted by Crippen LogP contribution is -2.47. The van der Waals surface area contributed by atoms with Crippen molar-refractivity contribution < 1.29 is 9.53 Å². The summed E-state index contributed by atoms with van der Waals surface area (Å²) in [6.45, 7) is 6.33. The van der Waals surface area contributed by atoms with Crippen molar-refractivity contribution in [3.63, 3.8) is 0 Å². The molecule has 0 bridgehead atoms. The standard InChI is InChI=1S/C13H24N2O2S/c1-9(2)11(12(14)18)13(16)15-6-4-10(5-7-15)8-17-3/h9-11H,4-8H2,1-3H3,(H2,14,18). The molecule has 0 saturated carbocycles. The Hall–Kier alpha value is -0.680. The van der Waals surface area contributed by atoms with Crippen molar-refractivity contribution in [2.24, 2.45) is 23.5 Å². The molecule has 0 spiro atoms. The topological polar surface area (TPSA) is 55.6 Å². The second-order valence-electron chi connectivity index (χ2n) is 5.35. The van der Waals surface area contributed by atoms with Crippen LogP contribution in [-0.4, -0.2) is 42.6 Å². The molecule has 104 valence electrons. The fourth-order valence-corrected chi connectivity index (χ4v) is 2.86. The molecule has 1 aliphatic rings. The molecule has 0 aromatic heterocycles. The summed E-state index contributed by atoms with van der Waals surface area (Å²) in [6, 6.07) is 0. The van der Waals surface area contributed by atoms with Gasteiger partial charge < -0.3 is 15.4 Å². The Kier molecular flexibility index (Phi) is 6.02. The van der Waals surface area contributed by atoms with E-state index in [1.807, 2.05) is 18.7 Å². The highest BCUT2D eigenvalue weighted by molar-refractivity contribution is 7.80. The Morgan fingerprint density at radius 3 is 2.39 bits per heavy atom. The van der Waals surface area contributed by atoms with Crippen LogP contribution in [0.4, 0.5) is 0 Å². The van der Waals surface area contributed by atoms with Crippen LogP contribution in [0.3, 0.4) is 0 Å². The Morgan fingerprint density at radius 2 is 2.00 bits per heavy atom. The van der Waals surface area contributed by atoms with Crippen molar-refractivity contribution in [3.05, 3.63) is 0 Å². The molecule has 1 unspecified atom stereocenters. The number of nitrogens with two attached hydrogens (primary N) is 1. The van der Waals surface area contributed by atoms with Crippen molar-refractivity contribution >= 4 is 23.1 Å². The number of nitrogens with zero attached hydrogens (tertiary/aromatic N) is 1. The number of amides is 1. The lowest BCUT2D eigenvalue weighted by molar-refractivity contribution is -0.136. The Labute approximate surface area is 115 Å². The summed E-state index contributed by atoms with van der Waals surface area (Å²) in [6.07, 6.45) is 2.00. The highest BCUT2D eigenvalue weighted by Crippen LogP contribution is 2.21. The van der Waals surface area contributed by atoms with E-state index in [1.54, 1.807) is 7.11 Å². The zero-order valence-electron chi connectivity index (χ0n) is 11.5. The molecular formula is C13H24N2O2S. The van der Waals surface area contributed by atoms with Gasteiger partial charge in [-0.1, -0.05) is 26.1 Å². The maximum Gasteiger partial charge on any atom is 0.232 e. The molecule has 5 heteroatoms. The van der Waals surface area contributed by atoms with Crippen LogP contribution in [0.1, 0.15) is 26.7 Å². The van der Waals surface area contributed by atoms with Gasteiger partial charge in [-0.25, -0.2) is 0 Å². The molecule has 1 heterocycles. The Morgan fingerprint density at radius 1 is 1.44 bits per heavy atom. The van der Waals surface area contributed by atoms with Gasteiger partial charge in [0.2, 0.25) is 5.91 Å². The molecule has 0 radical (unpaired) electrons. The average molecular weight is 272 g/mol. The van der Waals surface area contributed by atoms with E-state index in [0.717, 1.165) is 32.5 Å².